The van der Waals surface area contributed by atoms with Gasteiger partial charge in [-0.3, -0.25) is 19.4 Å². The molecule has 1 unspecified atom stereocenters. The molecule has 4 saturated carbocycles. The van der Waals surface area contributed by atoms with Crippen LogP contribution in [0.4, 0.5) is 5.69 Å². The molecule has 1 aromatic carbocycles. The molecule has 6 aliphatic rings. The van der Waals surface area contributed by atoms with E-state index in [1.54, 1.807) is 6.07 Å². The van der Waals surface area contributed by atoms with Crippen LogP contribution in [0.25, 0.3) is 0 Å². The van der Waals surface area contributed by atoms with Crippen molar-refractivity contribution >= 4 is 29.1 Å². The summed E-state index contributed by atoms with van der Waals surface area (Å²) in [5.41, 5.74) is 1.98. The molecule has 1 aromatic rings. The van der Waals surface area contributed by atoms with Gasteiger partial charge in [-0.05, 0) is 80.9 Å². The summed E-state index contributed by atoms with van der Waals surface area (Å²) in [7, 11) is 0. The van der Waals surface area contributed by atoms with Gasteiger partial charge in [-0.15, -0.1) is 0 Å². The molecule has 2 amide bonds. The number of nitrogens with zero attached hydrogens (tertiary/aromatic N) is 3. The van der Waals surface area contributed by atoms with Crippen molar-refractivity contribution in [3.63, 3.8) is 0 Å². The van der Waals surface area contributed by atoms with Gasteiger partial charge in [0, 0.05) is 36.7 Å². The Bertz CT molecular complexity index is 888. The first-order chi connectivity index (χ1) is 14.9. The summed E-state index contributed by atoms with van der Waals surface area (Å²) >= 11 is 6.25. The summed E-state index contributed by atoms with van der Waals surface area (Å²) in [5, 5.41) is 0.589. The molecular formula is C25H32ClN3O2. The van der Waals surface area contributed by atoms with Crippen LogP contribution in [0.15, 0.2) is 18.2 Å². The number of halogens is 1. The molecule has 2 heterocycles. The number of carbonyl (C=O) groups excluding carboxylic acids is 2. The first-order valence-electron chi connectivity index (χ1n) is 12.0. The molecule has 0 aromatic heterocycles. The Morgan fingerprint density at radius 2 is 1.55 bits per heavy atom. The molecule has 6 heteroatoms. The molecule has 31 heavy (non-hydrogen) atoms. The van der Waals surface area contributed by atoms with E-state index in [1.807, 2.05) is 19.1 Å². The number of imide groups is 1. The number of carbonyl (C=O) groups is 2. The lowest BCUT2D eigenvalue weighted by molar-refractivity contribution is -0.125. The van der Waals surface area contributed by atoms with Crippen LogP contribution in [0.3, 0.4) is 0 Å². The molecule has 0 N–H and O–H groups in total. The van der Waals surface area contributed by atoms with Crippen molar-refractivity contribution in [1.82, 2.24) is 9.80 Å². The van der Waals surface area contributed by atoms with E-state index in [2.05, 4.69) is 9.80 Å². The fraction of sp³-hybridized carbons (Fsp3) is 0.680. The molecule has 1 atom stereocenters. The zero-order valence-corrected chi connectivity index (χ0v) is 19.1. The van der Waals surface area contributed by atoms with Gasteiger partial charge < -0.3 is 0 Å². The molecule has 4 bridgehead atoms. The Morgan fingerprint density at radius 1 is 0.935 bits per heavy atom. The van der Waals surface area contributed by atoms with Gasteiger partial charge in [0.2, 0.25) is 5.91 Å². The molecule has 2 aliphatic heterocycles. The van der Waals surface area contributed by atoms with E-state index in [0.29, 0.717) is 16.2 Å². The van der Waals surface area contributed by atoms with Crippen molar-refractivity contribution in [3.05, 3.63) is 28.8 Å². The first-order valence-corrected chi connectivity index (χ1v) is 12.4. The molecule has 0 radical (unpaired) electrons. The first kappa shape index (κ1) is 20.2. The van der Waals surface area contributed by atoms with Gasteiger partial charge in [-0.25, -0.2) is 4.90 Å². The minimum absolute atomic E-state index is 0.0897. The number of hydrogen-bond acceptors (Lipinski definition) is 4. The number of piperazine rings is 1. The van der Waals surface area contributed by atoms with Crippen molar-refractivity contribution < 1.29 is 9.59 Å². The second-order valence-electron chi connectivity index (χ2n) is 10.9. The van der Waals surface area contributed by atoms with E-state index in [-0.39, 0.29) is 24.3 Å². The second kappa shape index (κ2) is 7.29. The maximum atomic E-state index is 13.2. The molecular weight excluding hydrogens is 410 g/mol. The molecule has 7 rings (SSSR count). The fourth-order valence-electron chi connectivity index (χ4n) is 7.85. The highest BCUT2D eigenvalue weighted by molar-refractivity contribution is 6.32. The topological polar surface area (TPSA) is 43.9 Å². The summed E-state index contributed by atoms with van der Waals surface area (Å²) in [6.45, 7) is 5.74. The SMILES string of the molecule is Cc1ccc(N2C(=O)CC(N3CCN(C45CC6CC(CC(C6)C4)C5)CC3)C2=O)cc1Cl. The Morgan fingerprint density at radius 3 is 2.13 bits per heavy atom. The number of hydrogen-bond donors (Lipinski definition) is 0. The summed E-state index contributed by atoms with van der Waals surface area (Å²) in [5.74, 6) is 2.65. The van der Waals surface area contributed by atoms with E-state index < -0.39 is 0 Å². The van der Waals surface area contributed by atoms with E-state index >= 15 is 0 Å². The summed E-state index contributed by atoms with van der Waals surface area (Å²) in [6, 6.07) is 5.10. The van der Waals surface area contributed by atoms with Gasteiger partial charge >= 0.3 is 0 Å². The quantitative estimate of drug-likeness (QED) is 0.668. The van der Waals surface area contributed by atoms with Crippen LogP contribution in [0, 0.1) is 24.7 Å². The minimum atomic E-state index is -0.328. The predicted molar refractivity (Wildman–Crippen MR) is 121 cm³/mol. The Hall–Kier alpha value is -1.43. The largest absolute Gasteiger partial charge is 0.295 e. The number of aryl methyl sites for hydroxylation is 1. The average Bonchev–Trinajstić information content (AvgIpc) is 3.03. The van der Waals surface area contributed by atoms with Gasteiger partial charge in [0.25, 0.3) is 5.91 Å². The lowest BCUT2D eigenvalue weighted by Gasteiger charge is -2.61. The van der Waals surface area contributed by atoms with Gasteiger partial charge in [0.05, 0.1) is 18.2 Å². The number of anilines is 1. The van der Waals surface area contributed by atoms with Crippen molar-refractivity contribution in [2.24, 2.45) is 17.8 Å². The standard InChI is InChI=1S/C25H32ClN3O2/c1-16-2-3-20(11-21(16)26)29-23(30)12-22(24(29)31)27-4-6-28(7-5-27)25-13-17-8-18(14-25)10-19(9-17)15-25/h2-3,11,17-19,22H,4-10,12-15H2,1H3. The molecule has 2 saturated heterocycles. The third-order valence-electron chi connectivity index (χ3n) is 8.97. The summed E-state index contributed by atoms with van der Waals surface area (Å²) in [6.07, 6.45) is 8.86. The summed E-state index contributed by atoms with van der Waals surface area (Å²) < 4.78 is 0. The van der Waals surface area contributed by atoms with Gasteiger partial charge in [-0.1, -0.05) is 17.7 Å². The van der Waals surface area contributed by atoms with Crippen LogP contribution in [0.2, 0.25) is 5.02 Å². The van der Waals surface area contributed by atoms with E-state index in [9.17, 15) is 9.59 Å². The highest BCUT2D eigenvalue weighted by atomic mass is 35.5. The van der Waals surface area contributed by atoms with Crippen LogP contribution < -0.4 is 4.90 Å². The minimum Gasteiger partial charge on any atom is -0.295 e. The van der Waals surface area contributed by atoms with Crippen molar-refractivity contribution in [2.75, 3.05) is 31.1 Å². The summed E-state index contributed by atoms with van der Waals surface area (Å²) in [4.78, 5) is 32.4. The van der Waals surface area contributed by atoms with Crippen LogP contribution >= 0.6 is 11.6 Å². The van der Waals surface area contributed by atoms with E-state index in [0.717, 1.165) is 49.5 Å². The van der Waals surface area contributed by atoms with Crippen molar-refractivity contribution in [1.29, 1.82) is 0 Å². The molecule has 166 valence electrons. The third kappa shape index (κ3) is 3.27. The highest BCUT2D eigenvalue weighted by Gasteiger charge is 2.54. The Kier molecular flexibility index (Phi) is 4.75. The highest BCUT2D eigenvalue weighted by Crippen LogP contribution is 2.57. The fourth-order valence-corrected chi connectivity index (χ4v) is 8.03. The predicted octanol–water partition coefficient (Wildman–Crippen LogP) is 3.87. The van der Waals surface area contributed by atoms with Crippen LogP contribution in [-0.4, -0.2) is 59.4 Å². The van der Waals surface area contributed by atoms with E-state index in [1.165, 1.54) is 43.4 Å². The zero-order chi connectivity index (χ0) is 21.3. The zero-order valence-electron chi connectivity index (χ0n) is 18.4. The Balaban J connectivity index is 1.14. The van der Waals surface area contributed by atoms with Gasteiger partial charge in [0.15, 0.2) is 0 Å². The maximum absolute atomic E-state index is 13.2. The Labute approximate surface area is 189 Å². The third-order valence-corrected chi connectivity index (χ3v) is 9.38. The lowest BCUT2D eigenvalue weighted by Crippen LogP contribution is -2.64. The van der Waals surface area contributed by atoms with Crippen molar-refractivity contribution in [2.45, 2.75) is 63.5 Å². The van der Waals surface area contributed by atoms with Crippen LogP contribution in [0.5, 0.6) is 0 Å². The average molecular weight is 442 g/mol. The number of benzene rings is 1. The lowest BCUT2D eigenvalue weighted by atomic mass is 9.52. The number of rotatable bonds is 3. The molecule has 5 nitrogen and oxygen atoms in total. The van der Waals surface area contributed by atoms with Crippen LogP contribution in [-0.2, 0) is 9.59 Å². The smallest absolute Gasteiger partial charge is 0.251 e. The molecule has 0 spiro atoms. The van der Waals surface area contributed by atoms with Crippen molar-refractivity contribution in [3.8, 4) is 0 Å². The second-order valence-corrected chi connectivity index (χ2v) is 11.3. The van der Waals surface area contributed by atoms with Gasteiger partial charge in [-0.2, -0.15) is 0 Å². The van der Waals surface area contributed by atoms with Gasteiger partial charge in [0.1, 0.15) is 0 Å². The molecule has 4 aliphatic carbocycles. The maximum Gasteiger partial charge on any atom is 0.251 e. The normalized spacial score (nSPS) is 38.5. The molecule has 6 fully saturated rings. The monoisotopic (exact) mass is 441 g/mol. The van der Waals surface area contributed by atoms with Crippen LogP contribution in [0.1, 0.15) is 50.5 Å². The number of amides is 2. The van der Waals surface area contributed by atoms with E-state index in [4.69, 9.17) is 11.6 Å².